The first-order chi connectivity index (χ1) is 12.0. The molecule has 0 aromatic heterocycles. The lowest BCUT2D eigenvalue weighted by Crippen LogP contribution is -2.48. The topological polar surface area (TPSA) is 42.5 Å². The lowest BCUT2D eigenvalue weighted by Gasteiger charge is -2.31. The van der Waals surface area contributed by atoms with Gasteiger partial charge in [0.25, 0.3) is 0 Å². The van der Waals surface area contributed by atoms with E-state index in [0.29, 0.717) is 6.04 Å². The van der Waals surface area contributed by atoms with E-state index < -0.39 is 0 Å². The van der Waals surface area contributed by atoms with E-state index in [1.165, 1.54) is 5.56 Å². The largest absolute Gasteiger partial charge is 0.493 e. The standard InChI is InChI=1S/C21H30N2O2/c1-16(17-10-7-6-8-11-17)23-21(2,3)15-22-14-18-12-9-13-19(24-4)20(18)25-5/h6-13,16,22-23H,14-15H2,1-5H3. The van der Waals surface area contributed by atoms with Crippen molar-refractivity contribution in [1.29, 1.82) is 0 Å². The van der Waals surface area contributed by atoms with Gasteiger partial charge in [0.2, 0.25) is 0 Å². The average molecular weight is 342 g/mol. The van der Waals surface area contributed by atoms with Crippen molar-refractivity contribution in [2.75, 3.05) is 20.8 Å². The van der Waals surface area contributed by atoms with Crippen molar-refractivity contribution in [2.24, 2.45) is 0 Å². The number of ether oxygens (including phenoxy) is 2. The molecule has 2 rings (SSSR count). The van der Waals surface area contributed by atoms with Crippen LogP contribution in [0, 0.1) is 0 Å². The Morgan fingerprint density at radius 1 is 0.960 bits per heavy atom. The van der Waals surface area contributed by atoms with Crippen LogP contribution in [0.5, 0.6) is 11.5 Å². The van der Waals surface area contributed by atoms with Gasteiger partial charge < -0.3 is 20.1 Å². The molecule has 0 saturated carbocycles. The SMILES string of the molecule is COc1cccc(CNCC(C)(C)NC(C)c2ccccc2)c1OC. The molecule has 0 spiro atoms. The summed E-state index contributed by atoms with van der Waals surface area (Å²) in [5.41, 5.74) is 2.35. The van der Waals surface area contributed by atoms with Crippen molar-refractivity contribution < 1.29 is 9.47 Å². The molecule has 4 heteroatoms. The van der Waals surface area contributed by atoms with Gasteiger partial charge in [0.15, 0.2) is 11.5 Å². The fourth-order valence-corrected chi connectivity index (χ4v) is 3.06. The number of nitrogens with one attached hydrogen (secondary N) is 2. The summed E-state index contributed by atoms with van der Waals surface area (Å²) in [5, 5.41) is 7.22. The molecule has 0 saturated heterocycles. The van der Waals surface area contributed by atoms with Crippen LogP contribution in [0.3, 0.4) is 0 Å². The molecule has 0 fully saturated rings. The van der Waals surface area contributed by atoms with Crippen molar-refractivity contribution in [1.82, 2.24) is 10.6 Å². The van der Waals surface area contributed by atoms with E-state index in [1.807, 2.05) is 18.2 Å². The van der Waals surface area contributed by atoms with Crippen LogP contribution in [0.15, 0.2) is 48.5 Å². The summed E-state index contributed by atoms with van der Waals surface area (Å²) in [4.78, 5) is 0. The Morgan fingerprint density at radius 2 is 1.68 bits per heavy atom. The highest BCUT2D eigenvalue weighted by Gasteiger charge is 2.20. The third-order valence-electron chi connectivity index (χ3n) is 4.27. The van der Waals surface area contributed by atoms with Gasteiger partial charge in [0, 0.05) is 30.2 Å². The first-order valence-corrected chi connectivity index (χ1v) is 8.70. The molecule has 0 amide bonds. The zero-order valence-electron chi connectivity index (χ0n) is 15.9. The van der Waals surface area contributed by atoms with Gasteiger partial charge in [-0.2, -0.15) is 0 Å². The number of methoxy groups -OCH3 is 2. The second-order valence-electron chi connectivity index (χ2n) is 6.92. The van der Waals surface area contributed by atoms with E-state index in [0.717, 1.165) is 30.2 Å². The van der Waals surface area contributed by atoms with Crippen molar-refractivity contribution >= 4 is 0 Å². The second kappa shape index (κ2) is 8.88. The predicted molar refractivity (Wildman–Crippen MR) is 103 cm³/mol. The van der Waals surface area contributed by atoms with E-state index >= 15 is 0 Å². The lowest BCUT2D eigenvalue weighted by molar-refractivity contribution is 0.326. The van der Waals surface area contributed by atoms with Crippen LogP contribution < -0.4 is 20.1 Å². The summed E-state index contributed by atoms with van der Waals surface area (Å²) in [6.07, 6.45) is 0. The number of hydrogen-bond acceptors (Lipinski definition) is 4. The van der Waals surface area contributed by atoms with Crippen molar-refractivity contribution in [3.05, 3.63) is 59.7 Å². The van der Waals surface area contributed by atoms with Gasteiger partial charge >= 0.3 is 0 Å². The summed E-state index contributed by atoms with van der Waals surface area (Å²) in [6.45, 7) is 8.18. The Balaban J connectivity index is 1.92. The number of rotatable bonds is 9. The summed E-state index contributed by atoms with van der Waals surface area (Å²) in [6, 6.07) is 16.8. The Labute approximate surface area is 151 Å². The van der Waals surface area contributed by atoms with Gasteiger partial charge in [0.05, 0.1) is 14.2 Å². The lowest BCUT2D eigenvalue weighted by atomic mass is 10.0. The molecule has 2 N–H and O–H groups in total. The maximum absolute atomic E-state index is 5.49. The van der Waals surface area contributed by atoms with Crippen molar-refractivity contribution in [2.45, 2.75) is 38.9 Å². The summed E-state index contributed by atoms with van der Waals surface area (Å²) >= 11 is 0. The number of hydrogen-bond donors (Lipinski definition) is 2. The van der Waals surface area contributed by atoms with Crippen LogP contribution >= 0.6 is 0 Å². The number of benzene rings is 2. The molecule has 0 bridgehead atoms. The van der Waals surface area contributed by atoms with E-state index in [2.05, 4.69) is 61.7 Å². The zero-order valence-corrected chi connectivity index (χ0v) is 15.9. The van der Waals surface area contributed by atoms with E-state index in [1.54, 1.807) is 14.2 Å². The summed E-state index contributed by atoms with van der Waals surface area (Å²) in [7, 11) is 3.33. The van der Waals surface area contributed by atoms with Crippen LogP contribution in [0.4, 0.5) is 0 Å². The van der Waals surface area contributed by atoms with Crippen LogP contribution in [-0.2, 0) is 6.54 Å². The fourth-order valence-electron chi connectivity index (χ4n) is 3.06. The van der Waals surface area contributed by atoms with E-state index in [-0.39, 0.29) is 5.54 Å². The minimum absolute atomic E-state index is 0.0403. The van der Waals surface area contributed by atoms with Gasteiger partial charge in [0.1, 0.15) is 0 Å². The molecule has 0 radical (unpaired) electrons. The average Bonchev–Trinajstić information content (AvgIpc) is 2.61. The molecule has 136 valence electrons. The molecule has 2 aromatic rings. The van der Waals surface area contributed by atoms with Gasteiger partial charge in [-0.25, -0.2) is 0 Å². The Hall–Kier alpha value is -2.04. The predicted octanol–water partition coefficient (Wildman–Crippen LogP) is 3.92. The first kappa shape index (κ1) is 19.3. The molecule has 0 aliphatic rings. The van der Waals surface area contributed by atoms with Crippen molar-refractivity contribution in [3.8, 4) is 11.5 Å². The highest BCUT2D eigenvalue weighted by molar-refractivity contribution is 5.46. The molecule has 0 heterocycles. The van der Waals surface area contributed by atoms with Crippen LogP contribution in [0.25, 0.3) is 0 Å². The van der Waals surface area contributed by atoms with E-state index in [9.17, 15) is 0 Å². The van der Waals surface area contributed by atoms with Gasteiger partial charge in [-0.1, -0.05) is 42.5 Å². The Morgan fingerprint density at radius 3 is 2.32 bits per heavy atom. The quantitative estimate of drug-likeness (QED) is 0.725. The van der Waals surface area contributed by atoms with Gasteiger partial charge in [-0.3, -0.25) is 0 Å². The molecule has 1 unspecified atom stereocenters. The van der Waals surface area contributed by atoms with Crippen molar-refractivity contribution in [3.63, 3.8) is 0 Å². The van der Waals surface area contributed by atoms with Gasteiger partial charge in [-0.05, 0) is 32.4 Å². The smallest absolute Gasteiger partial charge is 0.165 e. The molecular weight excluding hydrogens is 312 g/mol. The highest BCUT2D eigenvalue weighted by Crippen LogP contribution is 2.30. The maximum Gasteiger partial charge on any atom is 0.165 e. The first-order valence-electron chi connectivity index (χ1n) is 8.70. The molecule has 2 aromatic carbocycles. The molecule has 0 aliphatic heterocycles. The Kier molecular flexibility index (Phi) is 6.85. The Bertz CT molecular complexity index is 656. The second-order valence-corrected chi connectivity index (χ2v) is 6.92. The molecular formula is C21H30N2O2. The number of para-hydroxylation sites is 1. The normalized spacial score (nSPS) is 12.7. The molecule has 25 heavy (non-hydrogen) atoms. The van der Waals surface area contributed by atoms with Gasteiger partial charge in [-0.15, -0.1) is 0 Å². The zero-order chi connectivity index (χ0) is 18.3. The summed E-state index contributed by atoms with van der Waals surface area (Å²) in [5.74, 6) is 1.55. The molecule has 0 aliphatic carbocycles. The van der Waals surface area contributed by atoms with E-state index in [4.69, 9.17) is 9.47 Å². The summed E-state index contributed by atoms with van der Waals surface area (Å²) < 4.78 is 10.9. The van der Waals surface area contributed by atoms with Crippen LogP contribution in [0.2, 0.25) is 0 Å². The molecule has 1 atom stereocenters. The monoisotopic (exact) mass is 342 g/mol. The molecule has 4 nitrogen and oxygen atoms in total. The third-order valence-corrected chi connectivity index (χ3v) is 4.27. The minimum atomic E-state index is -0.0403. The van der Waals surface area contributed by atoms with Crippen LogP contribution in [-0.4, -0.2) is 26.3 Å². The van der Waals surface area contributed by atoms with Crippen LogP contribution in [0.1, 0.15) is 37.9 Å². The highest BCUT2D eigenvalue weighted by atomic mass is 16.5. The maximum atomic E-state index is 5.49. The fraction of sp³-hybridized carbons (Fsp3) is 0.429. The third kappa shape index (κ3) is 5.48. The minimum Gasteiger partial charge on any atom is -0.493 e.